The Morgan fingerprint density at radius 2 is 2.27 bits per heavy atom. The molecular weight excluding hydrogens is 186 g/mol. The van der Waals surface area contributed by atoms with Crippen LogP contribution in [0.1, 0.15) is 45.4 Å². The van der Waals surface area contributed by atoms with Crippen LogP contribution in [0, 0.1) is 0 Å². The number of methoxy groups -OCH3 is 1. The minimum absolute atomic E-state index is 0.154. The summed E-state index contributed by atoms with van der Waals surface area (Å²) in [4.78, 5) is 0. The fraction of sp³-hybridized carbons (Fsp3) is 0.846. The topological polar surface area (TPSA) is 21.3 Å². The molecule has 1 fully saturated rings. The van der Waals surface area contributed by atoms with Crippen LogP contribution in [0.3, 0.4) is 0 Å². The molecule has 1 unspecified atom stereocenters. The van der Waals surface area contributed by atoms with E-state index in [9.17, 15) is 0 Å². The lowest BCUT2D eigenvalue weighted by Crippen LogP contribution is -2.50. The first kappa shape index (κ1) is 12.7. The van der Waals surface area contributed by atoms with Gasteiger partial charge in [-0.05, 0) is 38.5 Å². The SMILES string of the molecule is C=CCCC(CC)NCC1(OC)CCC1. The maximum absolute atomic E-state index is 5.59. The molecule has 2 nitrogen and oxygen atoms in total. The van der Waals surface area contributed by atoms with Crippen molar-refractivity contribution < 1.29 is 4.74 Å². The van der Waals surface area contributed by atoms with Gasteiger partial charge >= 0.3 is 0 Å². The second-order valence-corrected chi connectivity index (χ2v) is 4.59. The van der Waals surface area contributed by atoms with E-state index in [4.69, 9.17) is 4.74 Å². The predicted molar refractivity (Wildman–Crippen MR) is 65.1 cm³/mol. The van der Waals surface area contributed by atoms with Crippen LogP contribution < -0.4 is 5.32 Å². The van der Waals surface area contributed by atoms with Crippen LogP contribution in [0.4, 0.5) is 0 Å². The Bertz CT molecular complexity index is 181. The summed E-state index contributed by atoms with van der Waals surface area (Å²) in [5, 5.41) is 3.63. The highest BCUT2D eigenvalue weighted by molar-refractivity contribution is 4.92. The summed E-state index contributed by atoms with van der Waals surface area (Å²) in [6, 6.07) is 0.621. The van der Waals surface area contributed by atoms with Crippen molar-refractivity contribution in [3.05, 3.63) is 12.7 Å². The van der Waals surface area contributed by atoms with Gasteiger partial charge in [-0.1, -0.05) is 13.0 Å². The molecule has 0 radical (unpaired) electrons. The number of nitrogens with one attached hydrogen (secondary N) is 1. The van der Waals surface area contributed by atoms with Gasteiger partial charge < -0.3 is 10.1 Å². The third kappa shape index (κ3) is 3.62. The lowest BCUT2D eigenvalue weighted by molar-refractivity contribution is -0.0710. The van der Waals surface area contributed by atoms with E-state index in [1.54, 1.807) is 0 Å². The standard InChI is InChI=1S/C13H25NO/c1-4-6-8-12(5-2)14-11-13(15-3)9-7-10-13/h4,12,14H,1,5-11H2,2-3H3. The third-order valence-electron chi connectivity index (χ3n) is 3.62. The van der Waals surface area contributed by atoms with Gasteiger partial charge in [0.15, 0.2) is 0 Å². The largest absolute Gasteiger partial charge is 0.377 e. The summed E-state index contributed by atoms with van der Waals surface area (Å²) < 4.78 is 5.59. The summed E-state index contributed by atoms with van der Waals surface area (Å²) in [6.07, 6.45) is 9.24. The van der Waals surface area contributed by atoms with Gasteiger partial charge in [0, 0.05) is 19.7 Å². The van der Waals surface area contributed by atoms with Gasteiger partial charge in [0.1, 0.15) is 0 Å². The molecule has 15 heavy (non-hydrogen) atoms. The number of allylic oxidation sites excluding steroid dienone is 1. The number of hydrogen-bond donors (Lipinski definition) is 1. The molecule has 0 spiro atoms. The zero-order chi connectivity index (χ0) is 11.1. The van der Waals surface area contributed by atoms with Crippen LogP contribution >= 0.6 is 0 Å². The molecule has 0 aromatic carbocycles. The summed E-state index contributed by atoms with van der Waals surface area (Å²) in [5.74, 6) is 0. The molecular formula is C13H25NO. The highest BCUT2D eigenvalue weighted by Crippen LogP contribution is 2.34. The van der Waals surface area contributed by atoms with E-state index < -0.39 is 0 Å². The predicted octanol–water partition coefficient (Wildman–Crippen LogP) is 2.89. The zero-order valence-electron chi connectivity index (χ0n) is 10.2. The molecule has 0 aromatic rings. The Kier molecular flexibility index (Phi) is 5.34. The molecule has 1 saturated carbocycles. The van der Waals surface area contributed by atoms with Crippen molar-refractivity contribution in [1.82, 2.24) is 5.32 Å². The first-order valence-corrected chi connectivity index (χ1v) is 6.16. The average molecular weight is 211 g/mol. The van der Waals surface area contributed by atoms with Crippen LogP contribution in [-0.2, 0) is 4.74 Å². The summed E-state index contributed by atoms with van der Waals surface area (Å²) in [7, 11) is 1.84. The molecule has 0 amide bonds. The van der Waals surface area contributed by atoms with E-state index in [0.717, 1.165) is 13.0 Å². The van der Waals surface area contributed by atoms with Crippen molar-refractivity contribution in [3.8, 4) is 0 Å². The van der Waals surface area contributed by atoms with Crippen molar-refractivity contribution in [2.75, 3.05) is 13.7 Å². The van der Waals surface area contributed by atoms with E-state index in [2.05, 4.69) is 18.8 Å². The first-order chi connectivity index (χ1) is 7.26. The minimum Gasteiger partial charge on any atom is -0.377 e. The van der Waals surface area contributed by atoms with Crippen LogP contribution in [-0.4, -0.2) is 25.3 Å². The van der Waals surface area contributed by atoms with Crippen molar-refractivity contribution in [2.45, 2.75) is 57.1 Å². The molecule has 2 heteroatoms. The average Bonchev–Trinajstić information content (AvgIpc) is 2.21. The van der Waals surface area contributed by atoms with Gasteiger partial charge in [0.05, 0.1) is 5.60 Å². The Labute approximate surface area is 94.1 Å². The van der Waals surface area contributed by atoms with Crippen molar-refractivity contribution in [2.24, 2.45) is 0 Å². The number of hydrogen-bond acceptors (Lipinski definition) is 2. The number of rotatable bonds is 8. The third-order valence-corrected chi connectivity index (χ3v) is 3.62. The van der Waals surface area contributed by atoms with E-state index >= 15 is 0 Å². The summed E-state index contributed by atoms with van der Waals surface area (Å²) >= 11 is 0. The molecule has 1 aliphatic carbocycles. The van der Waals surface area contributed by atoms with Crippen LogP contribution in [0.5, 0.6) is 0 Å². The summed E-state index contributed by atoms with van der Waals surface area (Å²) in [6.45, 7) is 7.02. The molecule has 0 saturated heterocycles. The molecule has 88 valence electrons. The maximum atomic E-state index is 5.59. The van der Waals surface area contributed by atoms with E-state index in [-0.39, 0.29) is 5.60 Å². The molecule has 0 aliphatic heterocycles. The second kappa shape index (κ2) is 6.29. The first-order valence-electron chi connectivity index (χ1n) is 6.16. The Balaban J connectivity index is 2.23. The fourth-order valence-corrected chi connectivity index (χ4v) is 2.12. The highest BCUT2D eigenvalue weighted by Gasteiger charge is 2.36. The van der Waals surface area contributed by atoms with E-state index in [1.165, 1.54) is 32.1 Å². The molecule has 1 rings (SSSR count). The molecule has 1 aliphatic rings. The Morgan fingerprint density at radius 1 is 1.53 bits per heavy atom. The second-order valence-electron chi connectivity index (χ2n) is 4.59. The molecule has 0 aromatic heterocycles. The maximum Gasteiger partial charge on any atom is 0.0802 e. The lowest BCUT2D eigenvalue weighted by Gasteiger charge is -2.41. The van der Waals surface area contributed by atoms with Crippen LogP contribution in [0.2, 0.25) is 0 Å². The van der Waals surface area contributed by atoms with E-state index in [0.29, 0.717) is 6.04 Å². The van der Waals surface area contributed by atoms with Gasteiger partial charge in [-0.15, -0.1) is 6.58 Å². The zero-order valence-corrected chi connectivity index (χ0v) is 10.2. The van der Waals surface area contributed by atoms with Crippen molar-refractivity contribution in [3.63, 3.8) is 0 Å². The van der Waals surface area contributed by atoms with Crippen LogP contribution in [0.25, 0.3) is 0 Å². The Hall–Kier alpha value is -0.340. The smallest absolute Gasteiger partial charge is 0.0802 e. The number of ether oxygens (including phenoxy) is 1. The molecule has 0 heterocycles. The van der Waals surface area contributed by atoms with E-state index in [1.807, 2.05) is 13.2 Å². The van der Waals surface area contributed by atoms with Gasteiger partial charge in [0.25, 0.3) is 0 Å². The molecule has 0 bridgehead atoms. The van der Waals surface area contributed by atoms with Gasteiger partial charge in [-0.2, -0.15) is 0 Å². The van der Waals surface area contributed by atoms with Gasteiger partial charge in [-0.25, -0.2) is 0 Å². The normalized spacial score (nSPS) is 20.7. The Morgan fingerprint density at radius 3 is 2.67 bits per heavy atom. The van der Waals surface area contributed by atoms with Crippen molar-refractivity contribution in [1.29, 1.82) is 0 Å². The van der Waals surface area contributed by atoms with Crippen molar-refractivity contribution >= 4 is 0 Å². The van der Waals surface area contributed by atoms with Crippen LogP contribution in [0.15, 0.2) is 12.7 Å². The minimum atomic E-state index is 0.154. The fourth-order valence-electron chi connectivity index (χ4n) is 2.12. The molecule has 1 atom stereocenters. The lowest BCUT2D eigenvalue weighted by atomic mass is 9.79. The quantitative estimate of drug-likeness (QED) is 0.623. The van der Waals surface area contributed by atoms with Gasteiger partial charge in [0.2, 0.25) is 0 Å². The van der Waals surface area contributed by atoms with Gasteiger partial charge in [-0.3, -0.25) is 0 Å². The summed E-state index contributed by atoms with van der Waals surface area (Å²) in [5.41, 5.74) is 0.154. The monoisotopic (exact) mass is 211 g/mol. The highest BCUT2D eigenvalue weighted by atomic mass is 16.5. The molecule has 1 N–H and O–H groups in total.